The van der Waals surface area contributed by atoms with E-state index >= 15 is 0 Å². The van der Waals surface area contributed by atoms with Crippen molar-refractivity contribution in [3.05, 3.63) is 53.9 Å². The quantitative estimate of drug-likeness (QED) is 0.840. The molecule has 17 heavy (non-hydrogen) atoms. The molecule has 4 heteroatoms. The van der Waals surface area contributed by atoms with Crippen LogP contribution in [0.2, 0.25) is 0 Å². The number of benzene rings is 1. The molecule has 0 unspecified atom stereocenters. The maximum absolute atomic E-state index is 9.09. The van der Waals surface area contributed by atoms with Crippen molar-refractivity contribution in [1.29, 1.82) is 5.26 Å². The summed E-state index contributed by atoms with van der Waals surface area (Å²) in [6.07, 6.45) is 1.41. The average molecular weight is 225 g/mol. The summed E-state index contributed by atoms with van der Waals surface area (Å²) in [5, 5.41) is 21.0. The van der Waals surface area contributed by atoms with Crippen LogP contribution in [0.4, 0.5) is 5.69 Å². The van der Waals surface area contributed by atoms with Gasteiger partial charge in [-0.05, 0) is 30.3 Å². The lowest BCUT2D eigenvalue weighted by atomic mass is 10.2. The van der Waals surface area contributed by atoms with Gasteiger partial charge >= 0.3 is 0 Å². The van der Waals surface area contributed by atoms with Gasteiger partial charge in [0.2, 0.25) is 0 Å². The van der Waals surface area contributed by atoms with Crippen molar-refractivity contribution in [2.24, 2.45) is 0 Å². The zero-order valence-electron chi connectivity index (χ0n) is 9.09. The van der Waals surface area contributed by atoms with Crippen molar-refractivity contribution < 1.29 is 5.11 Å². The van der Waals surface area contributed by atoms with E-state index in [1.54, 1.807) is 24.3 Å². The molecule has 2 N–H and O–H groups in total. The Kier molecular flexibility index (Phi) is 3.22. The number of hydrogen-bond donors (Lipinski definition) is 2. The van der Waals surface area contributed by atoms with Crippen LogP contribution < -0.4 is 5.32 Å². The van der Waals surface area contributed by atoms with Gasteiger partial charge in [-0.25, -0.2) is 0 Å². The molecule has 1 aromatic heterocycles. The second-order valence-corrected chi connectivity index (χ2v) is 3.55. The van der Waals surface area contributed by atoms with Gasteiger partial charge in [-0.3, -0.25) is 4.98 Å². The SMILES string of the molecule is N#Cc1cccc(NCc2ccc(O)cn2)c1. The van der Waals surface area contributed by atoms with E-state index in [1.165, 1.54) is 6.20 Å². The van der Waals surface area contributed by atoms with Crippen LogP contribution in [0.25, 0.3) is 0 Å². The first kappa shape index (κ1) is 11.0. The largest absolute Gasteiger partial charge is 0.506 e. The maximum atomic E-state index is 9.09. The smallest absolute Gasteiger partial charge is 0.133 e. The average Bonchev–Trinajstić information content (AvgIpc) is 2.38. The first-order valence-corrected chi connectivity index (χ1v) is 5.16. The number of hydrogen-bond acceptors (Lipinski definition) is 4. The van der Waals surface area contributed by atoms with Crippen molar-refractivity contribution in [3.8, 4) is 11.8 Å². The predicted molar refractivity (Wildman–Crippen MR) is 64.4 cm³/mol. The third kappa shape index (κ3) is 2.95. The minimum atomic E-state index is 0.153. The molecule has 84 valence electrons. The summed E-state index contributed by atoms with van der Waals surface area (Å²) in [7, 11) is 0. The minimum Gasteiger partial charge on any atom is -0.506 e. The molecule has 1 aromatic carbocycles. The molecule has 0 saturated carbocycles. The Morgan fingerprint density at radius 1 is 1.29 bits per heavy atom. The zero-order chi connectivity index (χ0) is 12.1. The van der Waals surface area contributed by atoms with Gasteiger partial charge < -0.3 is 10.4 Å². The van der Waals surface area contributed by atoms with Crippen LogP contribution in [0.5, 0.6) is 5.75 Å². The van der Waals surface area contributed by atoms with Crippen molar-refractivity contribution >= 4 is 5.69 Å². The van der Waals surface area contributed by atoms with Gasteiger partial charge in [-0.15, -0.1) is 0 Å². The molecule has 0 saturated heterocycles. The molecular weight excluding hydrogens is 214 g/mol. The molecule has 0 radical (unpaired) electrons. The molecule has 4 nitrogen and oxygen atoms in total. The van der Waals surface area contributed by atoms with E-state index in [2.05, 4.69) is 16.4 Å². The van der Waals surface area contributed by atoms with Crippen LogP contribution in [-0.4, -0.2) is 10.1 Å². The Labute approximate surface area is 99.2 Å². The van der Waals surface area contributed by atoms with Crippen molar-refractivity contribution in [1.82, 2.24) is 4.98 Å². The number of rotatable bonds is 3. The van der Waals surface area contributed by atoms with Crippen LogP contribution in [0, 0.1) is 11.3 Å². The monoisotopic (exact) mass is 225 g/mol. The van der Waals surface area contributed by atoms with E-state index < -0.39 is 0 Å². The summed E-state index contributed by atoms with van der Waals surface area (Å²) in [6.45, 7) is 0.551. The van der Waals surface area contributed by atoms with Gasteiger partial charge in [-0.2, -0.15) is 5.26 Å². The molecule has 0 fully saturated rings. The molecule has 1 heterocycles. The van der Waals surface area contributed by atoms with Gasteiger partial charge in [0.25, 0.3) is 0 Å². The highest BCUT2D eigenvalue weighted by Crippen LogP contribution is 2.12. The fourth-order valence-corrected chi connectivity index (χ4v) is 1.41. The van der Waals surface area contributed by atoms with E-state index in [1.807, 2.05) is 12.1 Å². The van der Waals surface area contributed by atoms with Gasteiger partial charge in [-0.1, -0.05) is 6.07 Å². The summed E-state index contributed by atoms with van der Waals surface area (Å²) in [4.78, 5) is 4.06. The topological polar surface area (TPSA) is 68.9 Å². The standard InChI is InChI=1S/C13H11N3O/c14-7-10-2-1-3-11(6-10)15-8-12-4-5-13(17)9-16-12/h1-6,9,15,17H,8H2. The number of nitriles is 1. The molecule has 0 aliphatic carbocycles. The first-order chi connectivity index (χ1) is 8.28. The Morgan fingerprint density at radius 3 is 2.88 bits per heavy atom. The molecule has 2 rings (SSSR count). The van der Waals surface area contributed by atoms with Crippen LogP contribution in [0.3, 0.4) is 0 Å². The summed E-state index contributed by atoms with van der Waals surface area (Å²) in [6, 6.07) is 12.7. The van der Waals surface area contributed by atoms with Crippen LogP contribution in [0.15, 0.2) is 42.6 Å². The van der Waals surface area contributed by atoms with E-state index in [0.29, 0.717) is 12.1 Å². The summed E-state index contributed by atoms with van der Waals surface area (Å²) in [5.74, 6) is 0.153. The number of pyridine rings is 1. The Bertz CT molecular complexity index is 543. The van der Waals surface area contributed by atoms with Crippen LogP contribution in [-0.2, 0) is 6.54 Å². The second-order valence-electron chi connectivity index (χ2n) is 3.55. The number of nitrogens with one attached hydrogen (secondary N) is 1. The second kappa shape index (κ2) is 4.99. The lowest BCUT2D eigenvalue weighted by Gasteiger charge is -2.05. The molecule has 0 atom stereocenters. The van der Waals surface area contributed by atoms with Gasteiger partial charge in [0.05, 0.1) is 30.1 Å². The van der Waals surface area contributed by atoms with Crippen molar-refractivity contribution in [3.63, 3.8) is 0 Å². The lowest BCUT2D eigenvalue weighted by Crippen LogP contribution is -2.01. The van der Waals surface area contributed by atoms with Crippen LogP contribution in [0.1, 0.15) is 11.3 Å². The minimum absolute atomic E-state index is 0.153. The fraction of sp³-hybridized carbons (Fsp3) is 0.0769. The van der Waals surface area contributed by atoms with E-state index in [9.17, 15) is 0 Å². The fourth-order valence-electron chi connectivity index (χ4n) is 1.41. The van der Waals surface area contributed by atoms with Crippen molar-refractivity contribution in [2.45, 2.75) is 6.54 Å². The molecule has 0 bridgehead atoms. The Morgan fingerprint density at radius 2 is 2.18 bits per heavy atom. The zero-order valence-corrected chi connectivity index (χ0v) is 9.09. The molecule has 2 aromatic rings. The number of anilines is 1. The van der Waals surface area contributed by atoms with E-state index in [-0.39, 0.29) is 5.75 Å². The molecule has 0 aliphatic rings. The van der Waals surface area contributed by atoms with Crippen molar-refractivity contribution in [2.75, 3.05) is 5.32 Å². The summed E-state index contributed by atoms with van der Waals surface area (Å²) >= 11 is 0. The van der Waals surface area contributed by atoms with Gasteiger partial charge in [0, 0.05) is 5.69 Å². The molecule has 0 amide bonds. The third-order valence-electron chi connectivity index (χ3n) is 2.27. The highest BCUT2D eigenvalue weighted by molar-refractivity contribution is 5.49. The van der Waals surface area contributed by atoms with Gasteiger partial charge in [0.15, 0.2) is 0 Å². The molecular formula is C13H11N3O. The van der Waals surface area contributed by atoms with Gasteiger partial charge in [0.1, 0.15) is 5.75 Å². The third-order valence-corrected chi connectivity index (χ3v) is 2.27. The van der Waals surface area contributed by atoms with E-state index in [0.717, 1.165) is 11.4 Å². The normalized spacial score (nSPS) is 9.59. The highest BCUT2D eigenvalue weighted by Gasteiger charge is 1.97. The van der Waals surface area contributed by atoms with E-state index in [4.69, 9.17) is 10.4 Å². The Hall–Kier alpha value is -2.54. The molecule has 0 spiro atoms. The number of aromatic nitrogens is 1. The summed E-state index contributed by atoms with van der Waals surface area (Å²) in [5.41, 5.74) is 2.32. The van der Waals surface area contributed by atoms with Crippen LogP contribution >= 0.6 is 0 Å². The summed E-state index contributed by atoms with van der Waals surface area (Å²) < 4.78 is 0. The lowest BCUT2D eigenvalue weighted by molar-refractivity contribution is 0.472. The predicted octanol–water partition coefficient (Wildman–Crippen LogP) is 2.27. The Balaban J connectivity index is 2.02. The highest BCUT2D eigenvalue weighted by atomic mass is 16.3. The number of nitrogens with zero attached hydrogens (tertiary/aromatic N) is 2. The molecule has 0 aliphatic heterocycles. The number of aromatic hydroxyl groups is 1. The maximum Gasteiger partial charge on any atom is 0.133 e. The first-order valence-electron chi connectivity index (χ1n) is 5.16.